The number of carboxylic acids is 1. The Morgan fingerprint density at radius 3 is 2.38 bits per heavy atom. The average molecular weight is 354 g/mol. The summed E-state index contributed by atoms with van der Waals surface area (Å²) in [5, 5.41) is 12.3. The largest absolute Gasteiger partial charge is 0.478 e. The van der Waals surface area contributed by atoms with Gasteiger partial charge in [-0.05, 0) is 49.3 Å². The number of rotatable bonds is 8. The van der Waals surface area contributed by atoms with Crippen LogP contribution in [0.2, 0.25) is 0 Å². The number of hydrogen-bond donors (Lipinski definition) is 2. The van der Waals surface area contributed by atoms with E-state index in [0.717, 1.165) is 57.8 Å². The molecule has 26 heavy (non-hydrogen) atoms. The molecule has 0 bridgehead atoms. The molecule has 0 amide bonds. The molecule has 0 saturated carbocycles. The van der Waals surface area contributed by atoms with Gasteiger partial charge in [0.25, 0.3) is 0 Å². The van der Waals surface area contributed by atoms with Crippen LogP contribution >= 0.6 is 0 Å². The van der Waals surface area contributed by atoms with Gasteiger partial charge in [-0.3, -0.25) is 9.88 Å². The van der Waals surface area contributed by atoms with Crippen LogP contribution in [0.25, 0.3) is 0 Å². The van der Waals surface area contributed by atoms with Crippen LogP contribution in [-0.4, -0.2) is 60.2 Å². The molecule has 0 spiro atoms. The van der Waals surface area contributed by atoms with Crippen molar-refractivity contribution in [1.82, 2.24) is 15.2 Å². The van der Waals surface area contributed by atoms with Gasteiger partial charge in [-0.15, -0.1) is 0 Å². The highest BCUT2D eigenvalue weighted by Crippen LogP contribution is 2.14. The van der Waals surface area contributed by atoms with E-state index in [9.17, 15) is 4.79 Å². The van der Waals surface area contributed by atoms with Crippen molar-refractivity contribution in [2.75, 3.05) is 44.2 Å². The fourth-order valence-electron chi connectivity index (χ4n) is 3.21. The first-order chi connectivity index (χ1) is 12.7. The molecule has 1 aromatic heterocycles. The third kappa shape index (κ3) is 5.28. The number of anilines is 1. The Kier molecular flexibility index (Phi) is 6.57. The van der Waals surface area contributed by atoms with Gasteiger partial charge in [0.05, 0.1) is 5.56 Å². The zero-order valence-corrected chi connectivity index (χ0v) is 15.0. The summed E-state index contributed by atoms with van der Waals surface area (Å²) in [4.78, 5) is 19.8. The van der Waals surface area contributed by atoms with Gasteiger partial charge in [0.1, 0.15) is 0 Å². The molecule has 1 aromatic carbocycles. The zero-order chi connectivity index (χ0) is 18.2. The highest BCUT2D eigenvalue weighted by molar-refractivity contribution is 5.87. The van der Waals surface area contributed by atoms with Gasteiger partial charge in [-0.25, -0.2) is 4.79 Å². The van der Waals surface area contributed by atoms with E-state index in [0.29, 0.717) is 5.56 Å². The number of carbonyl (C=O) groups is 1. The smallest absolute Gasteiger partial charge is 0.335 e. The molecule has 6 heteroatoms. The molecule has 6 nitrogen and oxygen atoms in total. The third-order valence-electron chi connectivity index (χ3n) is 4.76. The maximum absolute atomic E-state index is 10.8. The van der Waals surface area contributed by atoms with Gasteiger partial charge < -0.3 is 15.3 Å². The Bertz CT molecular complexity index is 683. The maximum atomic E-state index is 10.8. The predicted octanol–water partition coefficient (Wildman–Crippen LogP) is 2.08. The van der Waals surface area contributed by atoms with Crippen LogP contribution in [0.15, 0.2) is 48.8 Å². The molecule has 138 valence electrons. The summed E-state index contributed by atoms with van der Waals surface area (Å²) in [7, 11) is 0. The van der Waals surface area contributed by atoms with Gasteiger partial charge in [0, 0.05) is 50.8 Å². The summed E-state index contributed by atoms with van der Waals surface area (Å²) in [6.45, 7) is 7.16. The van der Waals surface area contributed by atoms with Crippen molar-refractivity contribution in [3.05, 3.63) is 59.9 Å². The van der Waals surface area contributed by atoms with E-state index in [2.05, 4.69) is 32.2 Å². The van der Waals surface area contributed by atoms with Gasteiger partial charge >= 0.3 is 5.97 Å². The number of pyridine rings is 1. The number of aromatic carboxylic acids is 1. The molecule has 0 unspecified atom stereocenters. The molecule has 1 aliphatic rings. The molecule has 0 atom stereocenters. The summed E-state index contributed by atoms with van der Waals surface area (Å²) in [5.74, 6) is -0.881. The Morgan fingerprint density at radius 2 is 1.73 bits per heavy atom. The Balaban J connectivity index is 1.29. The number of hydrogen-bond acceptors (Lipinski definition) is 5. The molecule has 0 radical (unpaired) electrons. The van der Waals surface area contributed by atoms with Crippen molar-refractivity contribution in [2.45, 2.75) is 13.0 Å². The van der Waals surface area contributed by atoms with Crippen molar-refractivity contribution >= 4 is 11.7 Å². The van der Waals surface area contributed by atoms with Crippen molar-refractivity contribution in [3.8, 4) is 0 Å². The van der Waals surface area contributed by atoms with E-state index in [1.807, 2.05) is 24.5 Å². The topological polar surface area (TPSA) is 68.7 Å². The van der Waals surface area contributed by atoms with E-state index >= 15 is 0 Å². The molecule has 2 heterocycles. The van der Waals surface area contributed by atoms with E-state index in [1.165, 1.54) is 5.69 Å². The maximum Gasteiger partial charge on any atom is 0.335 e. The molecule has 2 aromatic rings. The van der Waals surface area contributed by atoms with Gasteiger partial charge in [0.2, 0.25) is 0 Å². The van der Waals surface area contributed by atoms with Gasteiger partial charge in [-0.1, -0.05) is 12.1 Å². The zero-order valence-electron chi connectivity index (χ0n) is 15.0. The second kappa shape index (κ2) is 9.31. The van der Waals surface area contributed by atoms with Crippen molar-refractivity contribution < 1.29 is 9.90 Å². The van der Waals surface area contributed by atoms with Crippen LogP contribution in [0.3, 0.4) is 0 Å². The van der Waals surface area contributed by atoms with Crippen LogP contribution in [0.4, 0.5) is 5.69 Å². The fraction of sp³-hybridized carbons (Fsp3) is 0.400. The predicted molar refractivity (Wildman–Crippen MR) is 103 cm³/mol. The minimum atomic E-state index is -0.881. The Labute approximate surface area is 154 Å². The molecule has 0 aliphatic carbocycles. The summed E-state index contributed by atoms with van der Waals surface area (Å²) in [5.41, 5.74) is 2.70. The van der Waals surface area contributed by atoms with E-state index in [4.69, 9.17) is 5.11 Å². The first-order valence-corrected chi connectivity index (χ1v) is 9.12. The first-order valence-electron chi connectivity index (χ1n) is 9.12. The Morgan fingerprint density at radius 1 is 1.04 bits per heavy atom. The number of nitrogens with zero attached hydrogens (tertiary/aromatic N) is 3. The lowest BCUT2D eigenvalue weighted by Gasteiger charge is -2.36. The fourth-order valence-corrected chi connectivity index (χ4v) is 3.21. The average Bonchev–Trinajstić information content (AvgIpc) is 2.69. The first kappa shape index (κ1) is 18.4. The van der Waals surface area contributed by atoms with Crippen LogP contribution in [0, 0.1) is 0 Å². The van der Waals surface area contributed by atoms with Crippen molar-refractivity contribution in [3.63, 3.8) is 0 Å². The van der Waals surface area contributed by atoms with Crippen LogP contribution < -0.4 is 10.2 Å². The summed E-state index contributed by atoms with van der Waals surface area (Å²) in [6.07, 6.45) is 4.81. The SMILES string of the molecule is O=C(O)c1ccc(CNCCCN2CCN(c3ccncc3)CC2)cc1. The van der Waals surface area contributed by atoms with E-state index in [1.54, 1.807) is 12.1 Å². The highest BCUT2D eigenvalue weighted by Gasteiger charge is 2.16. The third-order valence-corrected chi connectivity index (χ3v) is 4.76. The second-order valence-electron chi connectivity index (χ2n) is 6.57. The van der Waals surface area contributed by atoms with Gasteiger partial charge in [0.15, 0.2) is 0 Å². The molecule has 1 fully saturated rings. The lowest BCUT2D eigenvalue weighted by atomic mass is 10.1. The monoisotopic (exact) mass is 354 g/mol. The molecular formula is C20H26N4O2. The second-order valence-corrected chi connectivity index (χ2v) is 6.57. The molecule has 3 rings (SSSR count). The number of carboxylic acid groups (broad SMARTS) is 1. The highest BCUT2D eigenvalue weighted by atomic mass is 16.4. The van der Waals surface area contributed by atoms with Crippen LogP contribution in [0.5, 0.6) is 0 Å². The van der Waals surface area contributed by atoms with Crippen molar-refractivity contribution in [2.24, 2.45) is 0 Å². The quantitative estimate of drug-likeness (QED) is 0.708. The van der Waals surface area contributed by atoms with Gasteiger partial charge in [-0.2, -0.15) is 0 Å². The standard InChI is InChI=1S/C20H26N4O2/c25-20(26)18-4-2-17(3-5-18)16-22-8-1-11-23-12-14-24(15-13-23)19-6-9-21-10-7-19/h2-7,9-10,22H,1,8,11-16H2,(H,25,26). The minimum Gasteiger partial charge on any atom is -0.478 e. The molecular weight excluding hydrogens is 328 g/mol. The Hall–Kier alpha value is -2.44. The number of benzene rings is 1. The minimum absolute atomic E-state index is 0.333. The lowest BCUT2D eigenvalue weighted by Crippen LogP contribution is -2.47. The summed E-state index contributed by atoms with van der Waals surface area (Å²) >= 11 is 0. The van der Waals surface area contributed by atoms with Crippen LogP contribution in [0.1, 0.15) is 22.3 Å². The van der Waals surface area contributed by atoms with Crippen LogP contribution in [-0.2, 0) is 6.54 Å². The number of piperazine rings is 1. The number of aromatic nitrogens is 1. The summed E-state index contributed by atoms with van der Waals surface area (Å²) < 4.78 is 0. The normalized spacial score (nSPS) is 15.2. The molecule has 2 N–H and O–H groups in total. The number of nitrogens with one attached hydrogen (secondary N) is 1. The lowest BCUT2D eigenvalue weighted by molar-refractivity contribution is 0.0697. The van der Waals surface area contributed by atoms with E-state index < -0.39 is 5.97 Å². The summed E-state index contributed by atoms with van der Waals surface area (Å²) in [6, 6.07) is 11.2. The van der Waals surface area contributed by atoms with Crippen molar-refractivity contribution in [1.29, 1.82) is 0 Å². The molecule has 1 saturated heterocycles. The van der Waals surface area contributed by atoms with E-state index in [-0.39, 0.29) is 0 Å². The molecule has 1 aliphatic heterocycles.